The second-order valence-corrected chi connectivity index (χ2v) is 9.67. The zero-order valence-electron chi connectivity index (χ0n) is 23.0. The molecule has 0 aliphatic heterocycles. The fourth-order valence-electron chi connectivity index (χ4n) is 3.22. The Kier molecular flexibility index (Phi) is 20.9. The summed E-state index contributed by atoms with van der Waals surface area (Å²) in [5.41, 5.74) is -0.927. The largest absolute Gasteiger partial charge is 0.481 e. The lowest BCUT2D eigenvalue weighted by atomic mass is 9.87. The molecule has 6 nitrogen and oxygen atoms in total. The summed E-state index contributed by atoms with van der Waals surface area (Å²) in [6.45, 7) is 5.31. The lowest BCUT2D eigenvalue weighted by molar-refractivity contribution is -0.141. The van der Waals surface area contributed by atoms with Gasteiger partial charge < -0.3 is 20.6 Å². The first-order valence-corrected chi connectivity index (χ1v) is 13.5. The Morgan fingerprint density at radius 1 is 0.784 bits per heavy atom. The summed E-state index contributed by atoms with van der Waals surface area (Å²) < 4.78 is 0. The molecular formula is C31H49NO5. The molecule has 208 valence electrons. The SMILES string of the molecule is CC/C=C\C/C=C\C/C=C\C/C=C\C/C=C\C/C=C\CC(CCCNC(=O)[C@H](O)C(C)(C)CO)C(=O)O. The minimum absolute atomic E-state index is 0.283. The Morgan fingerprint density at radius 3 is 1.62 bits per heavy atom. The van der Waals surface area contributed by atoms with Crippen molar-refractivity contribution in [3.63, 3.8) is 0 Å². The Morgan fingerprint density at radius 2 is 1.22 bits per heavy atom. The van der Waals surface area contributed by atoms with Crippen molar-refractivity contribution < 1.29 is 24.9 Å². The standard InChI is InChI=1S/C31H49NO5/c1-4-5-6-7-8-9-10-11-12-13-14-15-16-17-18-19-20-21-23-27(30(36)37)24-22-25-32-29(35)28(34)31(2,3)26-33/h5-6,8-9,11-12,14-15,17-18,20-21,27-28,33-34H,4,7,10,13,16,19,22-26H2,1-3H3,(H,32,35)(H,36,37)/b6-5-,9-8-,12-11-,15-14-,18-17-,21-20-/t27?,28-/m0/s1. The van der Waals surface area contributed by atoms with Crippen molar-refractivity contribution in [2.75, 3.05) is 13.2 Å². The summed E-state index contributed by atoms with van der Waals surface area (Å²) in [6, 6.07) is 0. The minimum atomic E-state index is -1.31. The zero-order valence-corrected chi connectivity index (χ0v) is 23.0. The molecule has 1 unspecified atom stereocenters. The van der Waals surface area contributed by atoms with Gasteiger partial charge in [-0.2, -0.15) is 0 Å². The smallest absolute Gasteiger partial charge is 0.306 e. The van der Waals surface area contributed by atoms with Crippen LogP contribution in [0.3, 0.4) is 0 Å². The molecule has 0 aromatic carbocycles. The molecule has 1 amide bonds. The third-order valence-corrected chi connectivity index (χ3v) is 5.79. The fraction of sp³-hybridized carbons (Fsp3) is 0.548. The van der Waals surface area contributed by atoms with Gasteiger partial charge in [0, 0.05) is 12.0 Å². The fourth-order valence-corrected chi connectivity index (χ4v) is 3.22. The molecule has 0 radical (unpaired) electrons. The average Bonchev–Trinajstić information content (AvgIpc) is 2.88. The highest BCUT2D eigenvalue weighted by molar-refractivity contribution is 5.81. The average molecular weight is 516 g/mol. The van der Waals surface area contributed by atoms with Crippen LogP contribution < -0.4 is 5.32 Å². The Balaban J connectivity index is 4.03. The second kappa shape index (κ2) is 22.5. The molecule has 0 aliphatic carbocycles. The van der Waals surface area contributed by atoms with Gasteiger partial charge >= 0.3 is 5.97 Å². The van der Waals surface area contributed by atoms with E-state index >= 15 is 0 Å². The van der Waals surface area contributed by atoms with Crippen molar-refractivity contribution in [1.29, 1.82) is 0 Å². The molecule has 0 spiro atoms. The van der Waals surface area contributed by atoms with Crippen LogP contribution in [0.4, 0.5) is 0 Å². The van der Waals surface area contributed by atoms with Gasteiger partial charge in [0.2, 0.25) is 5.91 Å². The number of aliphatic carboxylic acids is 1. The monoisotopic (exact) mass is 515 g/mol. The Bertz CT molecular complexity index is 789. The maximum absolute atomic E-state index is 12.0. The number of rotatable bonds is 21. The molecule has 0 saturated carbocycles. The number of aliphatic hydroxyl groups is 2. The third-order valence-electron chi connectivity index (χ3n) is 5.79. The number of hydrogen-bond donors (Lipinski definition) is 4. The van der Waals surface area contributed by atoms with E-state index in [2.05, 4.69) is 73.0 Å². The number of nitrogens with one attached hydrogen (secondary N) is 1. The van der Waals surface area contributed by atoms with Crippen LogP contribution in [0.1, 0.15) is 78.6 Å². The van der Waals surface area contributed by atoms with E-state index in [0.29, 0.717) is 19.3 Å². The van der Waals surface area contributed by atoms with Gasteiger partial charge in [-0.1, -0.05) is 93.7 Å². The topological polar surface area (TPSA) is 107 Å². The van der Waals surface area contributed by atoms with Crippen LogP contribution in [-0.4, -0.2) is 46.5 Å². The summed E-state index contributed by atoms with van der Waals surface area (Å²) in [7, 11) is 0. The number of carboxylic acids is 1. The highest BCUT2D eigenvalue weighted by Crippen LogP contribution is 2.19. The Hall–Kier alpha value is -2.70. The van der Waals surface area contributed by atoms with Gasteiger partial charge in [-0.25, -0.2) is 0 Å². The lowest BCUT2D eigenvalue weighted by Gasteiger charge is -2.27. The van der Waals surface area contributed by atoms with E-state index in [0.717, 1.165) is 38.5 Å². The van der Waals surface area contributed by atoms with E-state index in [4.69, 9.17) is 0 Å². The summed E-state index contributed by atoms with van der Waals surface area (Å²) in [6.07, 6.45) is 31.1. The van der Waals surface area contributed by atoms with E-state index in [1.165, 1.54) is 0 Å². The molecule has 0 aromatic heterocycles. The molecule has 0 aliphatic rings. The maximum Gasteiger partial charge on any atom is 0.306 e. The summed E-state index contributed by atoms with van der Waals surface area (Å²) in [4.78, 5) is 23.5. The van der Waals surface area contributed by atoms with Crippen LogP contribution in [0, 0.1) is 11.3 Å². The number of carboxylic acid groups (broad SMARTS) is 1. The first kappa shape index (κ1) is 34.3. The van der Waals surface area contributed by atoms with Crippen molar-refractivity contribution in [2.24, 2.45) is 11.3 Å². The number of hydrogen-bond acceptors (Lipinski definition) is 4. The van der Waals surface area contributed by atoms with Gasteiger partial charge in [-0.05, 0) is 57.8 Å². The maximum atomic E-state index is 12.0. The molecular weight excluding hydrogens is 466 g/mol. The van der Waals surface area contributed by atoms with Gasteiger partial charge in [0.25, 0.3) is 0 Å². The number of amides is 1. The van der Waals surface area contributed by atoms with Gasteiger partial charge in [-0.15, -0.1) is 0 Å². The minimum Gasteiger partial charge on any atom is -0.481 e. The highest BCUT2D eigenvalue weighted by Gasteiger charge is 2.32. The van der Waals surface area contributed by atoms with Crippen LogP contribution in [0.25, 0.3) is 0 Å². The predicted octanol–water partition coefficient (Wildman–Crippen LogP) is 6.05. The highest BCUT2D eigenvalue weighted by atomic mass is 16.4. The molecule has 37 heavy (non-hydrogen) atoms. The number of aliphatic hydroxyl groups excluding tert-OH is 2. The summed E-state index contributed by atoms with van der Waals surface area (Å²) >= 11 is 0. The van der Waals surface area contributed by atoms with E-state index in [1.807, 2.05) is 12.2 Å². The summed E-state index contributed by atoms with van der Waals surface area (Å²) in [5.74, 6) is -1.92. The number of allylic oxidation sites excluding steroid dienone is 12. The van der Waals surface area contributed by atoms with E-state index in [-0.39, 0.29) is 13.2 Å². The lowest BCUT2D eigenvalue weighted by Crippen LogP contribution is -2.45. The normalized spacial score (nSPS) is 14.7. The molecule has 0 fully saturated rings. The molecule has 4 N–H and O–H groups in total. The Labute approximate surface area is 224 Å². The predicted molar refractivity (Wildman–Crippen MR) is 153 cm³/mol. The van der Waals surface area contributed by atoms with E-state index in [9.17, 15) is 24.9 Å². The molecule has 6 heteroatoms. The van der Waals surface area contributed by atoms with Crippen LogP contribution in [0.2, 0.25) is 0 Å². The third kappa shape index (κ3) is 19.1. The number of carbonyl (C=O) groups excluding carboxylic acids is 1. The van der Waals surface area contributed by atoms with E-state index < -0.39 is 29.3 Å². The van der Waals surface area contributed by atoms with Crippen molar-refractivity contribution in [3.05, 3.63) is 72.9 Å². The van der Waals surface area contributed by atoms with Crippen LogP contribution in [-0.2, 0) is 9.59 Å². The van der Waals surface area contributed by atoms with Gasteiger partial charge in [-0.3, -0.25) is 9.59 Å². The molecule has 0 rings (SSSR count). The molecule has 0 bridgehead atoms. The first-order chi connectivity index (χ1) is 17.8. The van der Waals surface area contributed by atoms with Crippen molar-refractivity contribution in [1.82, 2.24) is 5.32 Å². The van der Waals surface area contributed by atoms with Crippen LogP contribution >= 0.6 is 0 Å². The molecule has 2 atom stereocenters. The second-order valence-electron chi connectivity index (χ2n) is 9.67. The van der Waals surface area contributed by atoms with Crippen LogP contribution in [0.15, 0.2) is 72.9 Å². The summed E-state index contributed by atoms with van der Waals surface area (Å²) in [5, 5.41) is 31.3. The quantitative estimate of drug-likeness (QED) is 0.110. The first-order valence-electron chi connectivity index (χ1n) is 13.5. The molecule has 0 heterocycles. The molecule has 0 aromatic rings. The van der Waals surface area contributed by atoms with Crippen molar-refractivity contribution in [2.45, 2.75) is 84.7 Å². The van der Waals surface area contributed by atoms with Gasteiger partial charge in [0.05, 0.1) is 12.5 Å². The van der Waals surface area contributed by atoms with Crippen LogP contribution in [0.5, 0.6) is 0 Å². The zero-order chi connectivity index (χ0) is 27.8. The van der Waals surface area contributed by atoms with Crippen molar-refractivity contribution in [3.8, 4) is 0 Å². The van der Waals surface area contributed by atoms with Gasteiger partial charge in [0.1, 0.15) is 6.10 Å². The van der Waals surface area contributed by atoms with E-state index in [1.54, 1.807) is 13.8 Å². The molecule has 0 saturated heterocycles. The van der Waals surface area contributed by atoms with Crippen molar-refractivity contribution >= 4 is 11.9 Å². The number of carbonyl (C=O) groups is 2. The van der Waals surface area contributed by atoms with Gasteiger partial charge in [0.15, 0.2) is 0 Å².